The number of carbonyl (C=O) groups excluding carboxylic acids is 3. The second kappa shape index (κ2) is 13.5. The van der Waals surface area contributed by atoms with Gasteiger partial charge in [0.2, 0.25) is 17.7 Å². The fourth-order valence-corrected chi connectivity index (χ4v) is 4.30. The zero-order valence-corrected chi connectivity index (χ0v) is 21.2. The third kappa shape index (κ3) is 8.71. The molecule has 11 heteroatoms. The van der Waals surface area contributed by atoms with Crippen LogP contribution >= 0.6 is 0 Å². The first-order chi connectivity index (χ1) is 17.7. The van der Waals surface area contributed by atoms with Crippen LogP contribution < -0.4 is 21.3 Å². The summed E-state index contributed by atoms with van der Waals surface area (Å²) in [6.45, 7) is 4.64. The van der Waals surface area contributed by atoms with Crippen LogP contribution in [0.25, 0.3) is 0 Å². The zero-order valence-electron chi connectivity index (χ0n) is 21.2. The van der Waals surface area contributed by atoms with Crippen molar-refractivity contribution in [3.05, 3.63) is 54.1 Å². The van der Waals surface area contributed by atoms with E-state index in [2.05, 4.69) is 31.2 Å². The Morgan fingerprint density at radius 3 is 2.30 bits per heavy atom. The van der Waals surface area contributed by atoms with Crippen molar-refractivity contribution in [2.24, 2.45) is 5.92 Å². The molecule has 2 heterocycles. The molecule has 6 N–H and O–H groups in total. The average molecular weight is 513 g/mol. The van der Waals surface area contributed by atoms with Crippen molar-refractivity contribution < 1.29 is 24.3 Å². The lowest BCUT2D eigenvalue weighted by Crippen LogP contribution is -2.58. The van der Waals surface area contributed by atoms with Gasteiger partial charge in [0.05, 0.1) is 12.4 Å². The molecule has 4 unspecified atom stereocenters. The number of amides is 3. The smallest absolute Gasteiger partial charge is 0.326 e. The van der Waals surface area contributed by atoms with Gasteiger partial charge >= 0.3 is 5.97 Å². The van der Waals surface area contributed by atoms with Crippen LogP contribution in [-0.4, -0.2) is 69.5 Å². The molecule has 3 amide bonds. The fraction of sp³-hybridized carbons (Fsp3) is 0.500. The van der Waals surface area contributed by atoms with Gasteiger partial charge in [-0.05, 0) is 37.3 Å². The second-order valence-electron chi connectivity index (χ2n) is 9.77. The predicted molar refractivity (Wildman–Crippen MR) is 136 cm³/mol. The van der Waals surface area contributed by atoms with Crippen molar-refractivity contribution in [2.75, 3.05) is 6.54 Å². The lowest BCUT2D eigenvalue weighted by atomic mass is 10.0. The lowest BCUT2D eigenvalue weighted by molar-refractivity contribution is -0.142. The molecule has 0 saturated carbocycles. The van der Waals surface area contributed by atoms with E-state index in [0.29, 0.717) is 18.5 Å². The number of hydrogen-bond donors (Lipinski definition) is 6. The zero-order chi connectivity index (χ0) is 26.8. The first-order valence-electron chi connectivity index (χ1n) is 12.6. The maximum absolute atomic E-state index is 13.4. The van der Waals surface area contributed by atoms with Gasteiger partial charge in [-0.2, -0.15) is 0 Å². The SMILES string of the molecule is CC(C)CC(NC(=O)C1CCCN1)C(=O)NC(Cc1ccccc1)C(=O)NC(Cc1cnc[nH]1)C(=O)O. The summed E-state index contributed by atoms with van der Waals surface area (Å²) in [6.07, 6.45) is 5.06. The molecule has 3 rings (SSSR count). The monoisotopic (exact) mass is 512 g/mol. The van der Waals surface area contributed by atoms with E-state index in [1.165, 1.54) is 12.5 Å². The number of aliphatic carboxylic acids is 1. The fourth-order valence-electron chi connectivity index (χ4n) is 4.30. The molecular weight excluding hydrogens is 476 g/mol. The van der Waals surface area contributed by atoms with Gasteiger partial charge < -0.3 is 31.4 Å². The van der Waals surface area contributed by atoms with Crippen molar-refractivity contribution >= 4 is 23.7 Å². The molecule has 1 aliphatic heterocycles. The normalized spacial score (nSPS) is 17.5. The van der Waals surface area contributed by atoms with Crippen LogP contribution in [0.2, 0.25) is 0 Å². The predicted octanol–water partition coefficient (Wildman–Crippen LogP) is 0.532. The van der Waals surface area contributed by atoms with Crippen molar-refractivity contribution in [3.63, 3.8) is 0 Å². The van der Waals surface area contributed by atoms with E-state index in [4.69, 9.17) is 0 Å². The van der Waals surface area contributed by atoms with Crippen LogP contribution in [0.4, 0.5) is 0 Å². The summed E-state index contributed by atoms with van der Waals surface area (Å²) in [5.41, 5.74) is 1.35. The molecule has 37 heavy (non-hydrogen) atoms. The number of benzene rings is 1. The summed E-state index contributed by atoms with van der Waals surface area (Å²) in [5, 5.41) is 21.0. The van der Waals surface area contributed by atoms with Crippen LogP contribution in [0.15, 0.2) is 42.9 Å². The Labute approximate surface area is 216 Å². The maximum atomic E-state index is 13.4. The Balaban J connectivity index is 1.75. The molecule has 0 spiro atoms. The minimum atomic E-state index is -1.22. The summed E-state index contributed by atoms with van der Waals surface area (Å²) in [4.78, 5) is 57.9. The molecule has 1 saturated heterocycles. The summed E-state index contributed by atoms with van der Waals surface area (Å²) >= 11 is 0. The molecule has 2 aromatic rings. The van der Waals surface area contributed by atoms with Gasteiger partial charge in [0.1, 0.15) is 18.1 Å². The number of H-pyrrole nitrogens is 1. The highest BCUT2D eigenvalue weighted by Gasteiger charge is 2.32. The molecule has 0 radical (unpaired) electrons. The van der Waals surface area contributed by atoms with Crippen LogP contribution in [0, 0.1) is 5.92 Å². The number of carboxylic acids is 1. The van der Waals surface area contributed by atoms with E-state index < -0.39 is 35.9 Å². The van der Waals surface area contributed by atoms with Crippen LogP contribution in [0.1, 0.15) is 44.4 Å². The summed E-state index contributed by atoms with van der Waals surface area (Å²) in [7, 11) is 0. The van der Waals surface area contributed by atoms with E-state index in [9.17, 15) is 24.3 Å². The van der Waals surface area contributed by atoms with Crippen LogP contribution in [-0.2, 0) is 32.0 Å². The molecular formula is C26H36N6O5. The van der Waals surface area contributed by atoms with E-state index in [0.717, 1.165) is 18.5 Å². The van der Waals surface area contributed by atoms with E-state index >= 15 is 0 Å². The number of hydrogen-bond acceptors (Lipinski definition) is 6. The van der Waals surface area contributed by atoms with Gasteiger partial charge in [0.25, 0.3) is 0 Å². The lowest BCUT2D eigenvalue weighted by Gasteiger charge is -2.26. The standard InChI is InChI=1S/C26H36N6O5/c1-16(2)11-20(30-23(33)19-9-6-10-28-19)24(34)31-21(12-17-7-4-3-5-8-17)25(35)32-22(26(36)37)13-18-14-27-15-29-18/h3-5,7-8,14-16,19-22,28H,6,9-13H2,1-2H3,(H,27,29)(H,30,33)(H,31,34)(H,32,35)(H,36,37). The van der Waals surface area contributed by atoms with Crippen LogP contribution in [0.5, 0.6) is 0 Å². The Kier molecular flexibility index (Phi) is 10.2. The number of carbonyl (C=O) groups is 4. The topological polar surface area (TPSA) is 165 Å². The van der Waals surface area contributed by atoms with Crippen molar-refractivity contribution in [2.45, 2.75) is 70.1 Å². The van der Waals surface area contributed by atoms with Gasteiger partial charge in [-0.3, -0.25) is 14.4 Å². The van der Waals surface area contributed by atoms with Crippen LogP contribution in [0.3, 0.4) is 0 Å². The van der Waals surface area contributed by atoms with Crippen molar-refractivity contribution in [1.82, 2.24) is 31.2 Å². The first-order valence-corrected chi connectivity index (χ1v) is 12.6. The second-order valence-corrected chi connectivity index (χ2v) is 9.77. The van der Waals surface area contributed by atoms with Gasteiger partial charge in [-0.15, -0.1) is 0 Å². The Morgan fingerprint density at radius 1 is 1.00 bits per heavy atom. The summed E-state index contributed by atoms with van der Waals surface area (Å²) in [5.74, 6) is -2.46. The maximum Gasteiger partial charge on any atom is 0.326 e. The number of rotatable bonds is 13. The molecule has 1 aromatic carbocycles. The number of aromatic nitrogens is 2. The number of carboxylic acid groups (broad SMARTS) is 1. The molecule has 4 atom stereocenters. The highest BCUT2D eigenvalue weighted by atomic mass is 16.4. The molecule has 0 aliphatic carbocycles. The van der Waals surface area contributed by atoms with Gasteiger partial charge in [-0.1, -0.05) is 44.2 Å². The summed E-state index contributed by atoms with van der Waals surface area (Å²) < 4.78 is 0. The van der Waals surface area contributed by atoms with Gasteiger partial charge in [0.15, 0.2) is 0 Å². The van der Waals surface area contributed by atoms with Crippen molar-refractivity contribution in [1.29, 1.82) is 0 Å². The van der Waals surface area contributed by atoms with Gasteiger partial charge in [-0.25, -0.2) is 9.78 Å². The highest BCUT2D eigenvalue weighted by Crippen LogP contribution is 2.11. The highest BCUT2D eigenvalue weighted by molar-refractivity contribution is 5.94. The van der Waals surface area contributed by atoms with E-state index in [1.807, 2.05) is 44.2 Å². The Hall–Kier alpha value is -3.73. The first kappa shape index (κ1) is 27.9. The van der Waals surface area contributed by atoms with E-state index in [-0.39, 0.29) is 30.7 Å². The molecule has 0 bridgehead atoms. The van der Waals surface area contributed by atoms with E-state index in [1.54, 1.807) is 0 Å². The number of nitrogens with one attached hydrogen (secondary N) is 5. The largest absolute Gasteiger partial charge is 0.480 e. The van der Waals surface area contributed by atoms with Crippen molar-refractivity contribution in [3.8, 4) is 0 Å². The summed E-state index contributed by atoms with van der Waals surface area (Å²) in [6, 6.07) is 5.69. The molecule has 11 nitrogen and oxygen atoms in total. The average Bonchev–Trinajstić information content (AvgIpc) is 3.57. The Morgan fingerprint density at radius 2 is 1.70 bits per heavy atom. The minimum absolute atomic E-state index is 0.00744. The molecule has 200 valence electrons. The number of nitrogens with zero attached hydrogens (tertiary/aromatic N) is 1. The third-order valence-electron chi connectivity index (χ3n) is 6.23. The molecule has 1 aromatic heterocycles. The number of aromatic amines is 1. The minimum Gasteiger partial charge on any atom is -0.480 e. The van der Waals surface area contributed by atoms with Gasteiger partial charge in [0, 0.05) is 24.7 Å². The number of imidazole rings is 1. The molecule has 1 aliphatic rings. The molecule has 1 fully saturated rings. The third-order valence-corrected chi connectivity index (χ3v) is 6.23. The quantitative estimate of drug-likeness (QED) is 0.228. The Bertz CT molecular complexity index is 1040.